The number of rotatable bonds is 46. The maximum Gasteiger partial charge on any atom is 0.306 e. The maximum atomic E-state index is 12.7. The number of ether oxygens (including phenoxy) is 2. The molecule has 0 fully saturated rings. The molecule has 0 aliphatic carbocycles. The van der Waals surface area contributed by atoms with E-state index in [0.29, 0.717) is 23.9 Å². The van der Waals surface area contributed by atoms with Gasteiger partial charge in [-0.15, -0.1) is 0 Å². The number of phosphoric acid groups is 1. The third kappa shape index (κ3) is 47.4. The number of hydrogen-bond donors (Lipinski definition) is 0. The van der Waals surface area contributed by atoms with Gasteiger partial charge < -0.3 is 27.9 Å². The Morgan fingerprint density at radius 1 is 0.484 bits per heavy atom. The Morgan fingerprint density at radius 3 is 1.24 bits per heavy atom. The van der Waals surface area contributed by atoms with Crippen molar-refractivity contribution in [3.63, 3.8) is 0 Å². The van der Waals surface area contributed by atoms with Crippen LogP contribution in [0.1, 0.15) is 219 Å². The zero-order valence-electron chi connectivity index (χ0n) is 40.8. The predicted molar refractivity (Wildman–Crippen MR) is 259 cm³/mol. The van der Waals surface area contributed by atoms with Gasteiger partial charge in [-0.3, -0.25) is 14.2 Å². The molecule has 0 spiro atoms. The number of nitrogens with zero attached hydrogens (tertiary/aromatic N) is 1. The minimum Gasteiger partial charge on any atom is -0.756 e. The Balaban J connectivity index is 4.38. The zero-order chi connectivity index (χ0) is 45.7. The van der Waals surface area contributed by atoms with Gasteiger partial charge in [-0.05, 0) is 77.0 Å². The second-order valence-corrected chi connectivity index (χ2v) is 19.6. The standard InChI is InChI=1S/C52H96NO8P/c1-6-8-10-12-14-16-18-20-22-24-26-28-30-32-34-36-38-40-42-44-51(54)58-48-50(49-60-62(56,57)59-47-46-53(3,4)5)61-52(55)45-43-41-39-37-35-33-31-29-27-25-23-21-19-17-15-13-11-9-7-2/h28-31,36-39,50H,6-27,32-35,40-49H2,1-5H3/b30-28-,31-29-,38-36-,39-37-. The average Bonchev–Trinajstić information content (AvgIpc) is 3.23. The molecule has 0 saturated carbocycles. The molecule has 0 saturated heterocycles. The van der Waals surface area contributed by atoms with Crippen LogP contribution in [0, 0.1) is 0 Å². The molecule has 0 aliphatic heterocycles. The molecule has 0 radical (unpaired) electrons. The van der Waals surface area contributed by atoms with E-state index in [4.69, 9.17) is 18.5 Å². The van der Waals surface area contributed by atoms with Crippen molar-refractivity contribution < 1.29 is 42.1 Å². The Bertz CT molecular complexity index is 1190. The molecule has 0 aromatic carbocycles. The predicted octanol–water partition coefficient (Wildman–Crippen LogP) is 14.4. The molecule has 0 amide bonds. The molecule has 362 valence electrons. The van der Waals surface area contributed by atoms with Gasteiger partial charge in [0.25, 0.3) is 7.82 Å². The van der Waals surface area contributed by atoms with E-state index in [-0.39, 0.29) is 26.1 Å². The van der Waals surface area contributed by atoms with Crippen LogP contribution in [0.3, 0.4) is 0 Å². The maximum absolute atomic E-state index is 12.7. The normalized spacial score (nSPS) is 13.8. The van der Waals surface area contributed by atoms with E-state index < -0.39 is 32.5 Å². The van der Waals surface area contributed by atoms with Crippen LogP contribution in [-0.4, -0.2) is 70.0 Å². The van der Waals surface area contributed by atoms with Crippen LogP contribution < -0.4 is 4.89 Å². The Morgan fingerprint density at radius 2 is 0.839 bits per heavy atom. The van der Waals surface area contributed by atoms with E-state index in [1.165, 1.54) is 128 Å². The Kier molecular flexibility index (Phi) is 42.7. The number of quaternary nitrogens is 1. The van der Waals surface area contributed by atoms with Gasteiger partial charge in [-0.2, -0.15) is 0 Å². The van der Waals surface area contributed by atoms with Gasteiger partial charge in [-0.25, -0.2) is 0 Å². The minimum atomic E-state index is -4.65. The number of hydrogen-bond acceptors (Lipinski definition) is 8. The molecule has 0 aromatic heterocycles. The number of carbonyl (C=O) groups excluding carboxylic acids is 2. The van der Waals surface area contributed by atoms with E-state index in [2.05, 4.69) is 62.5 Å². The highest BCUT2D eigenvalue weighted by Gasteiger charge is 2.21. The Hall–Kier alpha value is -2.03. The number of esters is 2. The van der Waals surface area contributed by atoms with Crippen molar-refractivity contribution >= 4 is 19.8 Å². The first-order valence-corrected chi connectivity index (χ1v) is 26.8. The molecular formula is C52H96NO8P. The first-order valence-electron chi connectivity index (χ1n) is 25.3. The van der Waals surface area contributed by atoms with Gasteiger partial charge >= 0.3 is 11.9 Å². The van der Waals surface area contributed by atoms with Crippen LogP contribution in [0.15, 0.2) is 48.6 Å². The Labute approximate surface area is 382 Å². The van der Waals surface area contributed by atoms with E-state index in [0.717, 1.165) is 51.4 Å². The van der Waals surface area contributed by atoms with Gasteiger partial charge in [0.05, 0.1) is 27.7 Å². The fourth-order valence-electron chi connectivity index (χ4n) is 6.81. The van der Waals surface area contributed by atoms with Crippen molar-refractivity contribution in [2.45, 2.75) is 225 Å². The van der Waals surface area contributed by atoms with Crippen molar-refractivity contribution in [3.8, 4) is 0 Å². The molecule has 0 bridgehead atoms. The second kappa shape index (κ2) is 44.2. The highest BCUT2D eigenvalue weighted by molar-refractivity contribution is 7.45. The molecule has 0 aromatic rings. The van der Waals surface area contributed by atoms with E-state index in [9.17, 15) is 19.0 Å². The van der Waals surface area contributed by atoms with Crippen molar-refractivity contribution in [1.82, 2.24) is 0 Å². The van der Waals surface area contributed by atoms with Crippen molar-refractivity contribution in [3.05, 3.63) is 48.6 Å². The fourth-order valence-corrected chi connectivity index (χ4v) is 7.54. The molecule has 0 rings (SSSR count). The van der Waals surface area contributed by atoms with Gasteiger partial charge in [0, 0.05) is 12.8 Å². The summed E-state index contributed by atoms with van der Waals surface area (Å²) < 4.78 is 33.9. The van der Waals surface area contributed by atoms with Crippen molar-refractivity contribution in [2.24, 2.45) is 0 Å². The molecular weight excluding hydrogens is 798 g/mol. The number of likely N-dealkylation sites (N-methyl/N-ethyl adjacent to an activating group) is 1. The van der Waals surface area contributed by atoms with Gasteiger partial charge in [-0.1, -0.05) is 178 Å². The van der Waals surface area contributed by atoms with E-state index in [1.54, 1.807) is 0 Å². The van der Waals surface area contributed by atoms with Crippen molar-refractivity contribution in [2.75, 3.05) is 47.5 Å². The smallest absolute Gasteiger partial charge is 0.306 e. The first-order chi connectivity index (χ1) is 30.0. The lowest BCUT2D eigenvalue weighted by atomic mass is 10.1. The summed E-state index contributed by atoms with van der Waals surface area (Å²) in [5, 5.41) is 0. The molecule has 2 unspecified atom stereocenters. The van der Waals surface area contributed by atoms with Crippen LogP contribution in [0.5, 0.6) is 0 Å². The lowest BCUT2D eigenvalue weighted by Gasteiger charge is -2.28. The molecule has 10 heteroatoms. The zero-order valence-corrected chi connectivity index (χ0v) is 41.7. The van der Waals surface area contributed by atoms with Crippen LogP contribution in [-0.2, 0) is 32.7 Å². The quantitative estimate of drug-likeness (QED) is 0.0195. The lowest BCUT2D eigenvalue weighted by Crippen LogP contribution is -2.37. The number of phosphoric ester groups is 1. The van der Waals surface area contributed by atoms with Crippen molar-refractivity contribution in [1.29, 1.82) is 0 Å². The van der Waals surface area contributed by atoms with Crippen LogP contribution in [0.25, 0.3) is 0 Å². The van der Waals surface area contributed by atoms with Crippen LogP contribution >= 0.6 is 7.82 Å². The fraction of sp³-hybridized carbons (Fsp3) is 0.808. The highest BCUT2D eigenvalue weighted by Crippen LogP contribution is 2.38. The summed E-state index contributed by atoms with van der Waals surface area (Å²) in [6, 6.07) is 0. The van der Waals surface area contributed by atoms with E-state index >= 15 is 0 Å². The average molecular weight is 894 g/mol. The number of allylic oxidation sites excluding steroid dienone is 8. The summed E-state index contributed by atoms with van der Waals surface area (Å²) >= 11 is 0. The van der Waals surface area contributed by atoms with Gasteiger partial charge in [0.1, 0.15) is 19.8 Å². The SMILES string of the molecule is CCCCCCCCCCCC/C=C\CC/C=C\CCCC(=O)OCC(COP(=O)([O-])OCC[N+](C)(C)C)OC(=O)CCC/C=C\CC/C=C\CCCCCCCCCCCC. The molecule has 0 heterocycles. The summed E-state index contributed by atoms with van der Waals surface area (Å²) in [5.41, 5.74) is 0. The molecule has 2 atom stereocenters. The molecule has 62 heavy (non-hydrogen) atoms. The van der Waals surface area contributed by atoms with Gasteiger partial charge in [0.2, 0.25) is 0 Å². The molecule has 0 aliphatic rings. The lowest BCUT2D eigenvalue weighted by molar-refractivity contribution is -0.870. The highest BCUT2D eigenvalue weighted by atomic mass is 31.2. The summed E-state index contributed by atoms with van der Waals surface area (Å²) in [5.74, 6) is -0.930. The third-order valence-corrected chi connectivity index (χ3v) is 11.7. The monoisotopic (exact) mass is 894 g/mol. The second-order valence-electron chi connectivity index (χ2n) is 18.2. The molecule has 0 N–H and O–H groups in total. The number of carbonyl (C=O) groups is 2. The van der Waals surface area contributed by atoms with Gasteiger partial charge in [0.15, 0.2) is 6.10 Å². The third-order valence-electron chi connectivity index (χ3n) is 10.8. The van der Waals surface area contributed by atoms with Crippen LogP contribution in [0.4, 0.5) is 0 Å². The first kappa shape index (κ1) is 60.0. The largest absolute Gasteiger partial charge is 0.756 e. The summed E-state index contributed by atoms with van der Waals surface area (Å²) in [7, 11) is 1.12. The summed E-state index contributed by atoms with van der Waals surface area (Å²) in [6.45, 7) is 4.16. The van der Waals surface area contributed by atoms with Crippen LogP contribution in [0.2, 0.25) is 0 Å². The topological polar surface area (TPSA) is 111 Å². The summed E-state index contributed by atoms with van der Waals surface area (Å²) in [4.78, 5) is 37.6. The minimum absolute atomic E-state index is 0.0441. The molecule has 9 nitrogen and oxygen atoms in total. The summed E-state index contributed by atoms with van der Waals surface area (Å²) in [6.07, 6.45) is 53.1. The number of unbranched alkanes of at least 4 members (excludes halogenated alkanes) is 24. The van der Waals surface area contributed by atoms with E-state index in [1.807, 2.05) is 21.1 Å².